The number of benzene rings is 2. The molecule has 0 bridgehead atoms. The van der Waals surface area contributed by atoms with Crippen LogP contribution in [-0.2, 0) is 13.6 Å². The molecule has 0 radical (unpaired) electrons. The van der Waals surface area contributed by atoms with Gasteiger partial charge in [0, 0.05) is 19.2 Å². The van der Waals surface area contributed by atoms with E-state index in [1.165, 1.54) is 0 Å². The summed E-state index contributed by atoms with van der Waals surface area (Å²) in [6, 6.07) is 13.1. The number of nitrogen functional groups attached to an aromatic ring is 1. The molecule has 0 amide bonds. The van der Waals surface area contributed by atoms with Crippen molar-refractivity contribution in [3.63, 3.8) is 0 Å². The molecule has 0 atom stereocenters. The fourth-order valence-corrected chi connectivity index (χ4v) is 2.23. The highest BCUT2D eigenvalue weighted by molar-refractivity contribution is 5.90. The summed E-state index contributed by atoms with van der Waals surface area (Å²) < 4.78 is 1.85. The van der Waals surface area contributed by atoms with Gasteiger partial charge in [-0.1, -0.05) is 24.3 Å². The minimum absolute atomic E-state index is 0.285. The molecule has 102 valence electrons. The standard InChI is InChI=1S/C15H16N4O/c1-19-12-7-4-6-11(14(12)18-15(19)16)17-9-10-5-2-3-8-13(10)20/h2-8,17,20H,9H2,1H3,(H2,16,18). The quantitative estimate of drug-likeness (QED) is 0.682. The maximum atomic E-state index is 9.77. The molecule has 0 saturated heterocycles. The van der Waals surface area contributed by atoms with Crippen molar-refractivity contribution in [2.24, 2.45) is 7.05 Å². The van der Waals surface area contributed by atoms with Gasteiger partial charge in [0.05, 0.1) is 11.2 Å². The zero-order chi connectivity index (χ0) is 14.1. The fraction of sp³-hybridized carbons (Fsp3) is 0.133. The van der Waals surface area contributed by atoms with Gasteiger partial charge in [-0.2, -0.15) is 0 Å². The molecular weight excluding hydrogens is 252 g/mol. The maximum Gasteiger partial charge on any atom is 0.201 e. The first-order valence-corrected chi connectivity index (χ1v) is 6.38. The number of nitrogens with zero attached hydrogens (tertiary/aromatic N) is 2. The Morgan fingerprint density at radius 3 is 2.80 bits per heavy atom. The lowest BCUT2D eigenvalue weighted by Crippen LogP contribution is -2.00. The predicted molar refractivity (Wildman–Crippen MR) is 80.6 cm³/mol. The van der Waals surface area contributed by atoms with Crippen molar-refractivity contribution in [3.05, 3.63) is 48.0 Å². The number of aryl methyl sites for hydroxylation is 1. The largest absolute Gasteiger partial charge is 0.508 e. The second-order valence-corrected chi connectivity index (χ2v) is 4.68. The third kappa shape index (κ3) is 2.03. The smallest absolute Gasteiger partial charge is 0.201 e. The van der Waals surface area contributed by atoms with Crippen LogP contribution in [-0.4, -0.2) is 14.7 Å². The molecule has 0 saturated carbocycles. The highest BCUT2D eigenvalue weighted by atomic mass is 16.3. The van der Waals surface area contributed by atoms with E-state index >= 15 is 0 Å². The predicted octanol–water partition coefficient (Wildman–Crippen LogP) is 2.47. The van der Waals surface area contributed by atoms with Crippen molar-refractivity contribution >= 4 is 22.7 Å². The molecule has 5 nitrogen and oxygen atoms in total. The first-order chi connectivity index (χ1) is 9.66. The molecule has 5 heteroatoms. The number of anilines is 2. The zero-order valence-corrected chi connectivity index (χ0v) is 11.2. The van der Waals surface area contributed by atoms with Crippen molar-refractivity contribution in [3.8, 4) is 5.75 Å². The number of nitrogens with one attached hydrogen (secondary N) is 1. The Morgan fingerprint density at radius 2 is 2.00 bits per heavy atom. The van der Waals surface area contributed by atoms with E-state index in [1.54, 1.807) is 12.1 Å². The third-order valence-corrected chi connectivity index (χ3v) is 3.41. The van der Waals surface area contributed by atoms with E-state index in [4.69, 9.17) is 5.73 Å². The number of phenolic OH excluding ortho intramolecular Hbond substituents is 1. The summed E-state index contributed by atoms with van der Waals surface area (Å²) >= 11 is 0. The lowest BCUT2D eigenvalue weighted by molar-refractivity contribution is 0.469. The average Bonchev–Trinajstić information content (AvgIpc) is 2.74. The molecule has 3 rings (SSSR count). The van der Waals surface area contributed by atoms with Gasteiger partial charge in [0.15, 0.2) is 0 Å². The van der Waals surface area contributed by atoms with Crippen LogP contribution >= 0.6 is 0 Å². The number of para-hydroxylation sites is 2. The van der Waals surface area contributed by atoms with Crippen molar-refractivity contribution in [2.45, 2.75) is 6.54 Å². The molecule has 4 N–H and O–H groups in total. The van der Waals surface area contributed by atoms with Crippen LogP contribution in [0, 0.1) is 0 Å². The second kappa shape index (κ2) is 4.77. The van der Waals surface area contributed by atoms with Gasteiger partial charge in [-0.25, -0.2) is 4.98 Å². The van der Waals surface area contributed by atoms with Crippen LogP contribution in [0.25, 0.3) is 11.0 Å². The van der Waals surface area contributed by atoms with E-state index in [1.807, 2.05) is 41.9 Å². The van der Waals surface area contributed by atoms with Gasteiger partial charge in [-0.3, -0.25) is 0 Å². The molecule has 0 unspecified atom stereocenters. The van der Waals surface area contributed by atoms with Crippen molar-refractivity contribution < 1.29 is 5.11 Å². The number of aromatic nitrogens is 2. The van der Waals surface area contributed by atoms with Crippen molar-refractivity contribution in [1.82, 2.24) is 9.55 Å². The highest BCUT2D eigenvalue weighted by Crippen LogP contribution is 2.25. The summed E-state index contributed by atoms with van der Waals surface area (Å²) in [6.45, 7) is 0.530. The Balaban J connectivity index is 1.92. The number of nitrogens with two attached hydrogens (primary N) is 1. The number of phenols is 1. The van der Waals surface area contributed by atoms with E-state index < -0.39 is 0 Å². The Labute approximate surface area is 116 Å². The summed E-state index contributed by atoms with van der Waals surface area (Å²) in [4.78, 5) is 4.36. The lowest BCUT2D eigenvalue weighted by Gasteiger charge is -2.08. The van der Waals surface area contributed by atoms with Crippen molar-refractivity contribution in [1.29, 1.82) is 0 Å². The molecule has 0 aliphatic heterocycles. The summed E-state index contributed by atoms with van der Waals surface area (Å²) in [5, 5.41) is 13.1. The average molecular weight is 268 g/mol. The maximum absolute atomic E-state index is 9.77. The number of aromatic hydroxyl groups is 1. The van der Waals surface area contributed by atoms with Gasteiger partial charge < -0.3 is 20.7 Å². The Hall–Kier alpha value is -2.69. The monoisotopic (exact) mass is 268 g/mol. The molecule has 0 spiro atoms. The summed E-state index contributed by atoms with van der Waals surface area (Å²) in [5.74, 6) is 0.768. The fourth-order valence-electron chi connectivity index (χ4n) is 2.23. The Kier molecular flexibility index (Phi) is 2.95. The molecule has 0 aliphatic rings. The number of hydrogen-bond donors (Lipinski definition) is 3. The number of fused-ring (bicyclic) bond motifs is 1. The third-order valence-electron chi connectivity index (χ3n) is 3.41. The summed E-state index contributed by atoms with van der Waals surface area (Å²) in [7, 11) is 1.89. The first-order valence-electron chi connectivity index (χ1n) is 6.38. The van der Waals surface area contributed by atoms with E-state index in [0.717, 1.165) is 22.3 Å². The number of imidazole rings is 1. The van der Waals surface area contributed by atoms with Gasteiger partial charge in [-0.15, -0.1) is 0 Å². The van der Waals surface area contributed by atoms with E-state index in [2.05, 4.69) is 10.3 Å². The SMILES string of the molecule is Cn1c(N)nc2c(NCc3ccccc3O)cccc21. The molecule has 1 heterocycles. The van der Waals surface area contributed by atoms with Gasteiger partial charge in [0.2, 0.25) is 5.95 Å². The molecule has 0 fully saturated rings. The number of rotatable bonds is 3. The normalized spacial score (nSPS) is 10.8. The van der Waals surface area contributed by atoms with Gasteiger partial charge in [0.1, 0.15) is 11.3 Å². The van der Waals surface area contributed by atoms with E-state index in [0.29, 0.717) is 12.5 Å². The molecule has 1 aromatic heterocycles. The Morgan fingerprint density at radius 1 is 1.20 bits per heavy atom. The summed E-state index contributed by atoms with van der Waals surface area (Å²) in [6.07, 6.45) is 0. The minimum atomic E-state index is 0.285. The second-order valence-electron chi connectivity index (χ2n) is 4.68. The van der Waals surface area contributed by atoms with E-state index in [9.17, 15) is 5.11 Å². The van der Waals surface area contributed by atoms with Crippen molar-refractivity contribution in [2.75, 3.05) is 11.1 Å². The summed E-state index contributed by atoms with van der Waals surface area (Å²) in [5.41, 5.74) is 9.39. The molecule has 3 aromatic rings. The molecule has 20 heavy (non-hydrogen) atoms. The van der Waals surface area contributed by atoms with Crippen LogP contribution in [0.2, 0.25) is 0 Å². The van der Waals surface area contributed by atoms with Gasteiger partial charge in [0.25, 0.3) is 0 Å². The van der Waals surface area contributed by atoms with Gasteiger partial charge >= 0.3 is 0 Å². The number of hydrogen-bond acceptors (Lipinski definition) is 4. The van der Waals surface area contributed by atoms with Crippen LogP contribution < -0.4 is 11.1 Å². The van der Waals surface area contributed by atoms with E-state index in [-0.39, 0.29) is 5.75 Å². The van der Waals surface area contributed by atoms with Crippen LogP contribution in [0.3, 0.4) is 0 Å². The van der Waals surface area contributed by atoms with Gasteiger partial charge in [-0.05, 0) is 18.2 Å². The first kappa shape index (κ1) is 12.3. The Bertz CT molecular complexity index is 764. The highest BCUT2D eigenvalue weighted by Gasteiger charge is 2.09. The van der Waals surface area contributed by atoms with Crippen LogP contribution in [0.15, 0.2) is 42.5 Å². The minimum Gasteiger partial charge on any atom is -0.508 e. The molecule has 2 aromatic carbocycles. The lowest BCUT2D eigenvalue weighted by atomic mass is 10.2. The van der Waals surface area contributed by atoms with Crippen LogP contribution in [0.1, 0.15) is 5.56 Å². The van der Waals surface area contributed by atoms with Crippen LogP contribution in [0.5, 0.6) is 5.75 Å². The van der Waals surface area contributed by atoms with Crippen LogP contribution in [0.4, 0.5) is 11.6 Å². The topological polar surface area (TPSA) is 76.1 Å². The zero-order valence-electron chi connectivity index (χ0n) is 11.2. The molecule has 0 aliphatic carbocycles. The molecular formula is C15H16N4O.